The highest BCUT2D eigenvalue weighted by atomic mass is 16.5. The molecule has 1 N–H and O–H groups in total. The smallest absolute Gasteiger partial charge is 0.329 e. The number of methoxy groups -OCH3 is 1. The molecule has 0 bridgehead atoms. The number of imide groups is 1. The zero-order valence-electron chi connectivity index (χ0n) is 16.4. The predicted molar refractivity (Wildman–Crippen MR) is 105 cm³/mol. The standard InChI is InChI=1S/C21H23N3O4/c1-5-15-6-8-17(9-7-15)24-13(2)10-16(14(24)3)11-18-20(26)23(21(27)22-18)12-19(25)28-4/h6-11H,5,12H2,1-4H3,(H,22,27). The van der Waals surface area contributed by atoms with Crippen molar-refractivity contribution in [2.75, 3.05) is 13.7 Å². The molecule has 1 aromatic heterocycles. The molecule has 1 aromatic carbocycles. The van der Waals surface area contributed by atoms with E-state index in [1.54, 1.807) is 6.08 Å². The highest BCUT2D eigenvalue weighted by molar-refractivity contribution is 6.15. The van der Waals surface area contributed by atoms with E-state index in [0.717, 1.165) is 34.0 Å². The van der Waals surface area contributed by atoms with Crippen LogP contribution in [-0.4, -0.2) is 41.0 Å². The van der Waals surface area contributed by atoms with E-state index >= 15 is 0 Å². The Morgan fingerprint density at radius 1 is 1.18 bits per heavy atom. The van der Waals surface area contributed by atoms with Gasteiger partial charge in [-0.2, -0.15) is 0 Å². The lowest BCUT2D eigenvalue weighted by atomic mass is 10.1. The summed E-state index contributed by atoms with van der Waals surface area (Å²) in [5, 5.41) is 2.52. The first-order valence-corrected chi connectivity index (χ1v) is 9.05. The van der Waals surface area contributed by atoms with E-state index in [4.69, 9.17) is 0 Å². The van der Waals surface area contributed by atoms with E-state index in [1.807, 2.05) is 19.9 Å². The van der Waals surface area contributed by atoms with Crippen molar-refractivity contribution in [1.29, 1.82) is 0 Å². The Kier molecular flexibility index (Phi) is 5.35. The molecule has 1 aliphatic rings. The molecule has 28 heavy (non-hydrogen) atoms. The van der Waals surface area contributed by atoms with E-state index in [-0.39, 0.29) is 5.70 Å². The minimum absolute atomic E-state index is 0.135. The van der Waals surface area contributed by atoms with Crippen LogP contribution >= 0.6 is 0 Å². The van der Waals surface area contributed by atoms with Gasteiger partial charge in [0.1, 0.15) is 12.2 Å². The quantitative estimate of drug-likeness (QED) is 0.491. The number of aryl methyl sites for hydroxylation is 2. The Morgan fingerprint density at radius 2 is 1.86 bits per heavy atom. The Balaban J connectivity index is 1.92. The van der Waals surface area contributed by atoms with Crippen molar-refractivity contribution >= 4 is 24.0 Å². The maximum Gasteiger partial charge on any atom is 0.329 e. The molecule has 146 valence electrons. The van der Waals surface area contributed by atoms with Crippen molar-refractivity contribution in [3.05, 3.63) is 58.5 Å². The maximum absolute atomic E-state index is 12.5. The first kappa shape index (κ1) is 19.4. The normalized spacial score (nSPS) is 15.3. The lowest BCUT2D eigenvalue weighted by Gasteiger charge is -2.10. The zero-order chi connectivity index (χ0) is 20.4. The van der Waals surface area contributed by atoms with Crippen LogP contribution in [0.2, 0.25) is 0 Å². The fourth-order valence-corrected chi connectivity index (χ4v) is 3.28. The molecule has 7 nitrogen and oxygen atoms in total. The molecule has 0 unspecified atom stereocenters. The van der Waals surface area contributed by atoms with Crippen LogP contribution in [0.25, 0.3) is 11.8 Å². The molecule has 0 aliphatic carbocycles. The summed E-state index contributed by atoms with van der Waals surface area (Å²) in [4.78, 5) is 36.7. The predicted octanol–water partition coefficient (Wildman–Crippen LogP) is 2.72. The van der Waals surface area contributed by atoms with Gasteiger partial charge < -0.3 is 14.6 Å². The summed E-state index contributed by atoms with van der Waals surface area (Å²) >= 11 is 0. The Morgan fingerprint density at radius 3 is 2.46 bits per heavy atom. The van der Waals surface area contributed by atoms with E-state index in [0.29, 0.717) is 0 Å². The van der Waals surface area contributed by atoms with Crippen molar-refractivity contribution in [3.63, 3.8) is 0 Å². The molecule has 3 rings (SSSR count). The van der Waals surface area contributed by atoms with Gasteiger partial charge in [-0.1, -0.05) is 19.1 Å². The molecule has 1 aliphatic heterocycles. The van der Waals surface area contributed by atoms with E-state index in [9.17, 15) is 14.4 Å². The Hall–Kier alpha value is -3.35. The SMILES string of the molecule is CCc1ccc(-n2c(C)cc(C=C3NC(=O)N(CC(=O)OC)C3=O)c2C)cc1. The number of aromatic nitrogens is 1. The molecule has 0 saturated carbocycles. The van der Waals surface area contributed by atoms with Gasteiger partial charge in [0.2, 0.25) is 0 Å². The van der Waals surface area contributed by atoms with Crippen LogP contribution in [0.5, 0.6) is 0 Å². The first-order chi connectivity index (χ1) is 13.3. The summed E-state index contributed by atoms with van der Waals surface area (Å²) in [5.74, 6) is -1.20. The second-order valence-electron chi connectivity index (χ2n) is 6.64. The van der Waals surface area contributed by atoms with Crippen LogP contribution in [0.1, 0.15) is 29.4 Å². The van der Waals surface area contributed by atoms with Gasteiger partial charge in [0.05, 0.1) is 7.11 Å². The number of hydrogen-bond acceptors (Lipinski definition) is 4. The fraction of sp³-hybridized carbons (Fsp3) is 0.286. The molecule has 0 atom stereocenters. The Bertz CT molecular complexity index is 970. The third-order valence-electron chi connectivity index (χ3n) is 4.85. The number of nitrogens with one attached hydrogen (secondary N) is 1. The number of urea groups is 1. The van der Waals surface area contributed by atoms with Gasteiger partial charge in [0, 0.05) is 17.1 Å². The van der Waals surface area contributed by atoms with Gasteiger partial charge in [-0.3, -0.25) is 9.59 Å². The van der Waals surface area contributed by atoms with Crippen LogP contribution in [0.15, 0.2) is 36.0 Å². The van der Waals surface area contributed by atoms with Gasteiger partial charge in [0.25, 0.3) is 5.91 Å². The molecule has 7 heteroatoms. The van der Waals surface area contributed by atoms with Crippen molar-refractivity contribution in [2.24, 2.45) is 0 Å². The number of nitrogens with zero attached hydrogens (tertiary/aromatic N) is 2. The lowest BCUT2D eigenvalue weighted by Crippen LogP contribution is -2.36. The summed E-state index contributed by atoms with van der Waals surface area (Å²) in [5.41, 5.74) is 5.21. The van der Waals surface area contributed by atoms with Crippen molar-refractivity contribution in [3.8, 4) is 5.69 Å². The lowest BCUT2D eigenvalue weighted by molar-refractivity contribution is -0.143. The van der Waals surface area contributed by atoms with Crippen LogP contribution in [0, 0.1) is 13.8 Å². The number of hydrogen-bond donors (Lipinski definition) is 1. The second-order valence-corrected chi connectivity index (χ2v) is 6.64. The second kappa shape index (κ2) is 7.72. The van der Waals surface area contributed by atoms with Gasteiger partial charge >= 0.3 is 12.0 Å². The summed E-state index contributed by atoms with van der Waals surface area (Å²) in [6.45, 7) is 5.64. The zero-order valence-corrected chi connectivity index (χ0v) is 16.4. The van der Waals surface area contributed by atoms with Crippen LogP contribution in [-0.2, 0) is 20.7 Å². The molecule has 0 spiro atoms. The first-order valence-electron chi connectivity index (χ1n) is 9.05. The maximum atomic E-state index is 12.5. The number of carbonyl (C=O) groups excluding carboxylic acids is 3. The number of amides is 3. The van der Waals surface area contributed by atoms with Gasteiger partial charge in [-0.25, -0.2) is 9.69 Å². The fourth-order valence-electron chi connectivity index (χ4n) is 3.28. The number of benzene rings is 1. The average Bonchev–Trinajstić information content (AvgIpc) is 3.11. The van der Waals surface area contributed by atoms with E-state index < -0.39 is 24.5 Å². The van der Waals surface area contributed by atoms with Gasteiger partial charge in [-0.05, 0) is 55.7 Å². The molecule has 1 saturated heterocycles. The number of carbonyl (C=O) groups is 3. The summed E-state index contributed by atoms with van der Waals surface area (Å²) in [6, 6.07) is 9.64. The largest absolute Gasteiger partial charge is 0.468 e. The van der Waals surface area contributed by atoms with Crippen molar-refractivity contribution in [1.82, 2.24) is 14.8 Å². The van der Waals surface area contributed by atoms with Gasteiger partial charge in [-0.15, -0.1) is 0 Å². The highest BCUT2D eigenvalue weighted by Gasteiger charge is 2.35. The molecule has 1 fully saturated rings. The number of ether oxygens (including phenoxy) is 1. The Labute approximate surface area is 163 Å². The summed E-state index contributed by atoms with van der Waals surface area (Å²) in [7, 11) is 1.21. The monoisotopic (exact) mass is 381 g/mol. The van der Waals surface area contributed by atoms with Gasteiger partial charge in [0.15, 0.2) is 0 Å². The highest BCUT2D eigenvalue weighted by Crippen LogP contribution is 2.24. The molecular formula is C21H23N3O4. The van der Waals surface area contributed by atoms with E-state index in [1.165, 1.54) is 12.7 Å². The number of esters is 1. The summed E-state index contributed by atoms with van der Waals surface area (Å²) in [6.07, 6.45) is 2.61. The van der Waals surface area contributed by atoms with Crippen molar-refractivity contribution < 1.29 is 19.1 Å². The molecular weight excluding hydrogens is 358 g/mol. The van der Waals surface area contributed by atoms with E-state index in [2.05, 4.69) is 45.8 Å². The molecule has 3 amide bonds. The minimum Gasteiger partial charge on any atom is -0.468 e. The average molecular weight is 381 g/mol. The van der Waals surface area contributed by atoms with Crippen LogP contribution < -0.4 is 5.32 Å². The molecule has 2 heterocycles. The minimum atomic E-state index is -0.654. The van der Waals surface area contributed by atoms with Crippen molar-refractivity contribution in [2.45, 2.75) is 27.2 Å². The van der Waals surface area contributed by atoms with Crippen LogP contribution in [0.3, 0.4) is 0 Å². The third-order valence-corrected chi connectivity index (χ3v) is 4.85. The number of rotatable bonds is 5. The molecule has 2 aromatic rings. The topological polar surface area (TPSA) is 80.6 Å². The van der Waals surface area contributed by atoms with Crippen LogP contribution in [0.4, 0.5) is 4.79 Å². The summed E-state index contributed by atoms with van der Waals surface area (Å²) < 4.78 is 6.63. The third kappa shape index (κ3) is 3.55. The molecule has 0 radical (unpaired) electrons.